The van der Waals surface area contributed by atoms with Gasteiger partial charge in [0.2, 0.25) is 0 Å². The number of pyridine rings is 1. The summed E-state index contributed by atoms with van der Waals surface area (Å²) in [4.78, 5) is 6.92. The van der Waals surface area contributed by atoms with Crippen molar-refractivity contribution in [3.63, 3.8) is 0 Å². The van der Waals surface area contributed by atoms with Crippen LogP contribution in [0.2, 0.25) is 0 Å². The molecule has 3 nitrogen and oxygen atoms in total. The van der Waals surface area contributed by atoms with Crippen molar-refractivity contribution in [3.05, 3.63) is 30.1 Å². The van der Waals surface area contributed by atoms with Crippen molar-refractivity contribution in [2.45, 2.75) is 38.5 Å². The van der Waals surface area contributed by atoms with Crippen LogP contribution < -0.4 is 5.73 Å². The van der Waals surface area contributed by atoms with Crippen LogP contribution in [0.25, 0.3) is 0 Å². The van der Waals surface area contributed by atoms with Crippen LogP contribution >= 0.6 is 11.8 Å². The second kappa shape index (κ2) is 9.34. The van der Waals surface area contributed by atoms with Crippen molar-refractivity contribution >= 4 is 11.8 Å². The zero-order chi connectivity index (χ0) is 14.1. The second-order valence-electron chi connectivity index (χ2n) is 4.64. The largest absolute Gasteiger partial charge is 0.326 e. The predicted octanol–water partition coefficient (Wildman–Crippen LogP) is 2.94. The van der Waals surface area contributed by atoms with Gasteiger partial charge in [0.1, 0.15) is 0 Å². The summed E-state index contributed by atoms with van der Waals surface area (Å²) in [5, 5.41) is 0.307. The van der Waals surface area contributed by atoms with E-state index in [0.29, 0.717) is 5.25 Å². The summed E-state index contributed by atoms with van der Waals surface area (Å²) in [5.74, 6) is 1.11. The van der Waals surface area contributed by atoms with E-state index in [0.717, 1.165) is 37.5 Å². The van der Waals surface area contributed by atoms with Gasteiger partial charge in [-0.2, -0.15) is 0 Å². The molecule has 0 aliphatic heterocycles. The molecule has 0 saturated heterocycles. The molecule has 108 valence electrons. The summed E-state index contributed by atoms with van der Waals surface area (Å²) in [5.41, 5.74) is 7.37. The van der Waals surface area contributed by atoms with Crippen LogP contribution in [0.15, 0.2) is 24.4 Å². The van der Waals surface area contributed by atoms with Gasteiger partial charge in [-0.3, -0.25) is 4.98 Å². The Morgan fingerprint density at radius 2 is 2.00 bits per heavy atom. The third-order valence-corrected chi connectivity index (χ3v) is 4.81. The van der Waals surface area contributed by atoms with Gasteiger partial charge in [0, 0.05) is 24.5 Å². The Morgan fingerprint density at radius 3 is 2.53 bits per heavy atom. The molecular formula is C15H27N3S. The lowest BCUT2D eigenvalue weighted by atomic mass is 10.1. The monoisotopic (exact) mass is 281 g/mol. The van der Waals surface area contributed by atoms with Gasteiger partial charge in [0.25, 0.3) is 0 Å². The Hall–Kier alpha value is -0.580. The molecule has 0 bridgehead atoms. The zero-order valence-corrected chi connectivity index (χ0v) is 13.2. The molecule has 0 aliphatic rings. The number of nitrogens with two attached hydrogens (primary N) is 1. The van der Waals surface area contributed by atoms with E-state index in [1.54, 1.807) is 0 Å². The van der Waals surface area contributed by atoms with Crippen molar-refractivity contribution < 1.29 is 0 Å². The van der Waals surface area contributed by atoms with Crippen LogP contribution in [-0.4, -0.2) is 41.3 Å². The van der Waals surface area contributed by atoms with Gasteiger partial charge in [-0.15, -0.1) is 11.8 Å². The number of nitrogens with zero attached hydrogens (tertiary/aromatic N) is 2. The molecule has 2 atom stereocenters. The molecule has 1 aromatic heterocycles. The molecule has 0 amide bonds. The van der Waals surface area contributed by atoms with E-state index in [2.05, 4.69) is 36.7 Å². The molecular weight excluding hydrogens is 254 g/mol. The minimum Gasteiger partial charge on any atom is -0.326 e. The molecule has 19 heavy (non-hydrogen) atoms. The first kappa shape index (κ1) is 16.5. The highest BCUT2D eigenvalue weighted by molar-refractivity contribution is 7.99. The van der Waals surface area contributed by atoms with Crippen molar-refractivity contribution in [3.8, 4) is 0 Å². The first-order valence-electron chi connectivity index (χ1n) is 7.23. The van der Waals surface area contributed by atoms with E-state index in [1.165, 1.54) is 0 Å². The topological polar surface area (TPSA) is 42.1 Å². The summed E-state index contributed by atoms with van der Waals surface area (Å²) in [6.45, 7) is 9.92. The van der Waals surface area contributed by atoms with Gasteiger partial charge in [0.15, 0.2) is 0 Å². The Kier molecular flexibility index (Phi) is 8.10. The normalized spacial score (nSPS) is 14.6. The fraction of sp³-hybridized carbons (Fsp3) is 0.667. The van der Waals surface area contributed by atoms with E-state index in [-0.39, 0.29) is 6.04 Å². The summed E-state index contributed by atoms with van der Waals surface area (Å²) in [7, 11) is 0. The van der Waals surface area contributed by atoms with E-state index in [1.807, 2.05) is 30.1 Å². The SMILES string of the molecule is CCC(N)C(SCCN(CC)CC)c1ccccn1. The van der Waals surface area contributed by atoms with Gasteiger partial charge in [-0.05, 0) is 31.6 Å². The molecule has 2 unspecified atom stereocenters. The van der Waals surface area contributed by atoms with E-state index >= 15 is 0 Å². The smallest absolute Gasteiger partial charge is 0.0621 e. The lowest BCUT2D eigenvalue weighted by Crippen LogP contribution is -2.29. The lowest BCUT2D eigenvalue weighted by molar-refractivity contribution is 0.323. The van der Waals surface area contributed by atoms with Gasteiger partial charge < -0.3 is 10.6 Å². The highest BCUT2D eigenvalue weighted by atomic mass is 32.2. The number of rotatable bonds is 9. The number of hydrogen-bond donors (Lipinski definition) is 1. The second-order valence-corrected chi connectivity index (χ2v) is 5.89. The minimum absolute atomic E-state index is 0.177. The Bertz CT molecular complexity index is 327. The Morgan fingerprint density at radius 1 is 1.26 bits per heavy atom. The maximum absolute atomic E-state index is 6.26. The van der Waals surface area contributed by atoms with Gasteiger partial charge >= 0.3 is 0 Å². The molecule has 1 aromatic rings. The molecule has 0 fully saturated rings. The molecule has 0 saturated carbocycles. The molecule has 0 aliphatic carbocycles. The molecule has 2 N–H and O–H groups in total. The summed E-state index contributed by atoms with van der Waals surface area (Å²) < 4.78 is 0. The molecule has 0 radical (unpaired) electrons. The first-order valence-corrected chi connectivity index (χ1v) is 8.28. The molecule has 4 heteroatoms. The third-order valence-electron chi connectivity index (χ3n) is 3.44. The van der Waals surface area contributed by atoms with Crippen LogP contribution in [0.4, 0.5) is 0 Å². The fourth-order valence-corrected chi connectivity index (χ4v) is 3.40. The quantitative estimate of drug-likeness (QED) is 0.755. The molecule has 0 aromatic carbocycles. The Balaban J connectivity index is 2.56. The fourth-order valence-electron chi connectivity index (χ4n) is 2.04. The van der Waals surface area contributed by atoms with Crippen molar-refractivity contribution in [2.75, 3.05) is 25.4 Å². The number of aromatic nitrogens is 1. The Labute approximate surface area is 122 Å². The number of hydrogen-bond acceptors (Lipinski definition) is 4. The van der Waals surface area contributed by atoms with Gasteiger partial charge in [0.05, 0.1) is 10.9 Å². The van der Waals surface area contributed by atoms with E-state index < -0.39 is 0 Å². The maximum Gasteiger partial charge on any atom is 0.0621 e. The predicted molar refractivity (Wildman–Crippen MR) is 85.5 cm³/mol. The summed E-state index contributed by atoms with van der Waals surface area (Å²) in [6.07, 6.45) is 2.84. The summed E-state index contributed by atoms with van der Waals surface area (Å²) >= 11 is 1.94. The number of thioether (sulfide) groups is 1. The van der Waals surface area contributed by atoms with Crippen molar-refractivity contribution in [2.24, 2.45) is 5.73 Å². The van der Waals surface area contributed by atoms with Crippen LogP contribution in [0.1, 0.15) is 38.1 Å². The van der Waals surface area contributed by atoms with E-state index in [9.17, 15) is 0 Å². The van der Waals surface area contributed by atoms with Gasteiger partial charge in [-0.25, -0.2) is 0 Å². The molecule has 1 rings (SSSR count). The highest BCUT2D eigenvalue weighted by Gasteiger charge is 2.20. The van der Waals surface area contributed by atoms with Crippen molar-refractivity contribution in [1.82, 2.24) is 9.88 Å². The first-order chi connectivity index (χ1) is 9.22. The average Bonchev–Trinajstić information content (AvgIpc) is 2.48. The lowest BCUT2D eigenvalue weighted by Gasteiger charge is -2.24. The van der Waals surface area contributed by atoms with Crippen LogP contribution in [-0.2, 0) is 0 Å². The molecule has 1 heterocycles. The zero-order valence-electron chi connectivity index (χ0n) is 12.4. The standard InChI is InChI=1S/C15H27N3S/c1-4-13(16)15(14-9-7-8-10-17-14)19-12-11-18(5-2)6-3/h7-10,13,15H,4-6,11-12,16H2,1-3H3. The van der Waals surface area contributed by atoms with Crippen LogP contribution in [0.5, 0.6) is 0 Å². The minimum atomic E-state index is 0.177. The third kappa shape index (κ3) is 5.51. The summed E-state index contributed by atoms with van der Waals surface area (Å²) in [6, 6.07) is 6.27. The molecule has 0 spiro atoms. The van der Waals surface area contributed by atoms with Gasteiger partial charge in [-0.1, -0.05) is 26.8 Å². The van der Waals surface area contributed by atoms with Crippen LogP contribution in [0.3, 0.4) is 0 Å². The highest BCUT2D eigenvalue weighted by Crippen LogP contribution is 2.31. The van der Waals surface area contributed by atoms with E-state index in [4.69, 9.17) is 5.73 Å². The maximum atomic E-state index is 6.26. The average molecular weight is 281 g/mol. The van der Waals surface area contributed by atoms with Crippen LogP contribution in [0, 0.1) is 0 Å². The van der Waals surface area contributed by atoms with Crippen molar-refractivity contribution in [1.29, 1.82) is 0 Å².